The van der Waals surface area contributed by atoms with Gasteiger partial charge in [0.25, 0.3) is 5.91 Å². The number of nitrogens with zero attached hydrogens (tertiary/aromatic N) is 1. The molecule has 1 aliphatic rings. The van der Waals surface area contributed by atoms with Gasteiger partial charge in [0.05, 0.1) is 6.61 Å². The van der Waals surface area contributed by atoms with Crippen LogP contribution in [0.2, 0.25) is 0 Å². The number of hydrogen-bond acceptors (Lipinski definition) is 5. The second-order valence-electron chi connectivity index (χ2n) is 7.08. The highest BCUT2D eigenvalue weighted by molar-refractivity contribution is 14.1. The van der Waals surface area contributed by atoms with Gasteiger partial charge in [-0.15, -0.1) is 0 Å². The van der Waals surface area contributed by atoms with Crippen molar-refractivity contribution in [1.29, 1.82) is 0 Å². The number of benzene rings is 2. The second-order valence-corrected chi connectivity index (χ2v) is 10.2. The number of halogens is 1. The van der Waals surface area contributed by atoms with E-state index in [1.54, 1.807) is 12.1 Å². The number of rotatable bonds is 6. The van der Waals surface area contributed by atoms with Crippen molar-refractivity contribution in [3.05, 3.63) is 57.8 Å². The molecular formula is C21H22IN3O5S. The van der Waals surface area contributed by atoms with Gasteiger partial charge in [-0.25, -0.2) is 8.42 Å². The van der Waals surface area contributed by atoms with Crippen molar-refractivity contribution in [3.63, 3.8) is 0 Å². The fourth-order valence-corrected chi connectivity index (χ4v) is 5.81. The number of amides is 1. The molecule has 2 aromatic carbocycles. The third kappa shape index (κ3) is 4.56. The minimum Gasteiger partial charge on any atom is -0.491 e. The van der Waals surface area contributed by atoms with Gasteiger partial charge in [-0.2, -0.15) is 4.31 Å². The molecule has 0 bridgehead atoms. The van der Waals surface area contributed by atoms with E-state index in [0.29, 0.717) is 16.7 Å². The lowest BCUT2D eigenvalue weighted by atomic mass is 10.2. The molecule has 31 heavy (non-hydrogen) atoms. The number of sulfonamides is 1. The number of carbonyl (C=O) groups excluding carboxylic acids is 1. The van der Waals surface area contributed by atoms with Gasteiger partial charge < -0.3 is 19.8 Å². The number of morpholine rings is 1. The van der Waals surface area contributed by atoms with Gasteiger partial charge in [-0.3, -0.25) is 4.79 Å². The van der Waals surface area contributed by atoms with Crippen molar-refractivity contribution >= 4 is 49.4 Å². The molecule has 1 aliphatic heterocycles. The summed E-state index contributed by atoms with van der Waals surface area (Å²) in [7, 11) is -2.49. The summed E-state index contributed by atoms with van der Waals surface area (Å²) < 4.78 is 41.0. The molecule has 1 aromatic heterocycles. The van der Waals surface area contributed by atoms with Crippen LogP contribution in [0, 0.1) is 3.57 Å². The molecule has 4 rings (SSSR count). The minimum atomic E-state index is -3.96. The van der Waals surface area contributed by atoms with Gasteiger partial charge in [0.15, 0.2) is 0 Å². The summed E-state index contributed by atoms with van der Waals surface area (Å²) in [6.45, 7) is 0.814. The van der Waals surface area contributed by atoms with Gasteiger partial charge in [0.1, 0.15) is 29.0 Å². The summed E-state index contributed by atoms with van der Waals surface area (Å²) in [6.07, 6.45) is -0.419. The minimum absolute atomic E-state index is 0.00927. The molecule has 0 unspecified atom stereocenters. The van der Waals surface area contributed by atoms with Gasteiger partial charge in [0.2, 0.25) is 10.0 Å². The maximum absolute atomic E-state index is 13.7. The summed E-state index contributed by atoms with van der Waals surface area (Å²) >= 11 is 2.12. The average molecular weight is 555 g/mol. The topological polar surface area (TPSA) is 101 Å². The molecule has 1 saturated heterocycles. The maximum Gasteiger partial charge on any atom is 0.268 e. The van der Waals surface area contributed by atoms with Crippen LogP contribution in [0.5, 0.6) is 5.75 Å². The van der Waals surface area contributed by atoms with Crippen LogP contribution >= 0.6 is 22.6 Å². The number of para-hydroxylation sites is 1. The SMILES string of the molecule is CNC(=O)c1[nH]c2ccc(I)cc2c1S(=O)(=O)N1CCO[C@H](COc2ccccc2)C1. The molecule has 1 amide bonds. The Morgan fingerprint density at radius 2 is 2.06 bits per heavy atom. The third-order valence-corrected chi connectivity index (χ3v) is 7.67. The Kier molecular flexibility index (Phi) is 6.51. The highest BCUT2D eigenvalue weighted by Gasteiger charge is 2.36. The summed E-state index contributed by atoms with van der Waals surface area (Å²) in [5.74, 6) is 0.209. The van der Waals surface area contributed by atoms with E-state index < -0.39 is 22.0 Å². The molecule has 0 saturated carbocycles. The molecule has 3 aromatic rings. The van der Waals surface area contributed by atoms with Crippen molar-refractivity contribution in [2.24, 2.45) is 0 Å². The Labute approximate surface area is 194 Å². The van der Waals surface area contributed by atoms with E-state index in [1.165, 1.54) is 11.4 Å². The lowest BCUT2D eigenvalue weighted by Crippen LogP contribution is -2.47. The summed E-state index contributed by atoms with van der Waals surface area (Å²) in [6, 6.07) is 14.7. The van der Waals surface area contributed by atoms with E-state index in [9.17, 15) is 13.2 Å². The standard InChI is InChI=1S/C21H22IN3O5S/c1-23-21(26)19-20(17-11-14(22)7-8-18(17)24-19)31(27,28)25-9-10-29-16(12-25)13-30-15-5-3-2-4-6-15/h2-8,11,16,24H,9-10,12-13H2,1H3,(H,23,26)/t16-/m0/s1. The lowest BCUT2D eigenvalue weighted by Gasteiger charge is -2.32. The molecule has 0 spiro atoms. The van der Waals surface area contributed by atoms with Crippen LogP contribution in [0.1, 0.15) is 10.5 Å². The Balaban J connectivity index is 1.64. The highest BCUT2D eigenvalue weighted by atomic mass is 127. The molecule has 10 heteroatoms. The predicted octanol–water partition coefficient (Wildman–Crippen LogP) is 2.60. The molecule has 0 aliphatic carbocycles. The Morgan fingerprint density at radius 1 is 1.29 bits per heavy atom. The van der Waals surface area contributed by atoms with Crippen molar-refractivity contribution in [2.75, 3.05) is 33.4 Å². The lowest BCUT2D eigenvalue weighted by molar-refractivity contribution is -0.0249. The van der Waals surface area contributed by atoms with E-state index in [1.807, 2.05) is 36.4 Å². The Morgan fingerprint density at radius 3 is 2.81 bits per heavy atom. The highest BCUT2D eigenvalue weighted by Crippen LogP contribution is 2.31. The maximum atomic E-state index is 13.7. The fraction of sp³-hybridized carbons (Fsp3) is 0.286. The van der Waals surface area contributed by atoms with E-state index in [4.69, 9.17) is 9.47 Å². The average Bonchev–Trinajstić information content (AvgIpc) is 3.17. The number of aromatic amines is 1. The summed E-state index contributed by atoms with van der Waals surface area (Å²) in [5.41, 5.74) is 0.623. The van der Waals surface area contributed by atoms with Crippen molar-refractivity contribution < 1.29 is 22.7 Å². The van der Waals surface area contributed by atoms with E-state index in [-0.39, 0.29) is 36.9 Å². The molecule has 1 atom stereocenters. The predicted molar refractivity (Wildman–Crippen MR) is 125 cm³/mol. The van der Waals surface area contributed by atoms with E-state index >= 15 is 0 Å². The van der Waals surface area contributed by atoms with Crippen LogP contribution in [0.15, 0.2) is 53.4 Å². The monoisotopic (exact) mass is 555 g/mol. The van der Waals surface area contributed by atoms with Crippen LogP contribution in [-0.4, -0.2) is 63.1 Å². The molecule has 2 heterocycles. The van der Waals surface area contributed by atoms with Crippen LogP contribution in [-0.2, 0) is 14.8 Å². The van der Waals surface area contributed by atoms with Crippen molar-refractivity contribution in [2.45, 2.75) is 11.0 Å². The normalized spacial score (nSPS) is 17.5. The van der Waals surface area contributed by atoms with Crippen LogP contribution in [0.4, 0.5) is 0 Å². The van der Waals surface area contributed by atoms with Gasteiger partial charge in [-0.1, -0.05) is 18.2 Å². The largest absolute Gasteiger partial charge is 0.491 e. The van der Waals surface area contributed by atoms with Crippen LogP contribution in [0.3, 0.4) is 0 Å². The second kappa shape index (κ2) is 9.15. The molecule has 164 valence electrons. The zero-order valence-electron chi connectivity index (χ0n) is 16.8. The van der Waals surface area contributed by atoms with Crippen LogP contribution < -0.4 is 10.1 Å². The van der Waals surface area contributed by atoms with Gasteiger partial charge in [-0.05, 0) is 52.9 Å². The number of hydrogen-bond donors (Lipinski definition) is 2. The first-order valence-corrected chi connectivity index (χ1v) is 12.2. The molecule has 8 nitrogen and oxygen atoms in total. The number of H-pyrrole nitrogens is 1. The quantitative estimate of drug-likeness (QED) is 0.456. The summed E-state index contributed by atoms with van der Waals surface area (Å²) in [4.78, 5) is 15.4. The Bertz CT molecular complexity index is 1200. The van der Waals surface area contributed by atoms with Crippen LogP contribution in [0.25, 0.3) is 10.9 Å². The third-order valence-electron chi connectivity index (χ3n) is 5.05. The zero-order chi connectivity index (χ0) is 22.0. The van der Waals surface area contributed by atoms with Crippen molar-refractivity contribution in [3.8, 4) is 5.75 Å². The zero-order valence-corrected chi connectivity index (χ0v) is 19.8. The number of carbonyl (C=O) groups is 1. The van der Waals surface area contributed by atoms with E-state index in [2.05, 4.69) is 32.9 Å². The first-order chi connectivity index (χ1) is 14.9. The first kappa shape index (κ1) is 22.1. The molecular weight excluding hydrogens is 533 g/mol. The molecule has 1 fully saturated rings. The van der Waals surface area contributed by atoms with Gasteiger partial charge >= 0.3 is 0 Å². The Hall–Kier alpha value is -2.15. The smallest absolute Gasteiger partial charge is 0.268 e. The first-order valence-electron chi connectivity index (χ1n) is 9.73. The number of aromatic nitrogens is 1. The number of ether oxygens (including phenoxy) is 2. The van der Waals surface area contributed by atoms with Gasteiger partial charge in [0, 0.05) is 34.6 Å². The summed E-state index contributed by atoms with van der Waals surface area (Å²) in [5, 5.41) is 3.01. The molecule has 2 N–H and O–H groups in total. The number of nitrogens with one attached hydrogen (secondary N) is 2. The van der Waals surface area contributed by atoms with Crippen molar-refractivity contribution in [1.82, 2.24) is 14.6 Å². The number of fused-ring (bicyclic) bond motifs is 1. The van der Waals surface area contributed by atoms with E-state index in [0.717, 1.165) is 3.57 Å². The molecule has 0 radical (unpaired) electrons. The fourth-order valence-electron chi connectivity index (χ4n) is 3.54.